The van der Waals surface area contributed by atoms with Gasteiger partial charge in [-0.3, -0.25) is 0 Å². The van der Waals surface area contributed by atoms with Crippen LogP contribution >= 0.6 is 0 Å². The normalized spacial score (nSPS) is 14.8. The molecule has 0 amide bonds. The molecule has 0 radical (unpaired) electrons. The van der Waals surface area contributed by atoms with Gasteiger partial charge in [-0.05, 0) is 49.9 Å². The second kappa shape index (κ2) is 6.00. The Bertz CT molecular complexity index is 336. The van der Waals surface area contributed by atoms with Gasteiger partial charge in [0.05, 0.1) is 0 Å². The third-order valence-corrected chi connectivity index (χ3v) is 3.19. The zero-order valence-electron chi connectivity index (χ0n) is 10.7. The van der Waals surface area contributed by atoms with E-state index >= 15 is 0 Å². The van der Waals surface area contributed by atoms with E-state index in [9.17, 15) is 4.39 Å². The van der Waals surface area contributed by atoms with Crippen LogP contribution in [-0.2, 0) is 0 Å². The standard InChI is InChI=1S/C14H22FN/c1-5-8-16-12(4)11(3)13-7-6-10(2)14(15)9-13/h6-7,9,11-12,16H,5,8H2,1-4H3. The highest BCUT2D eigenvalue weighted by Gasteiger charge is 2.14. The Morgan fingerprint density at radius 2 is 2.00 bits per heavy atom. The van der Waals surface area contributed by atoms with Crippen LogP contribution in [0.3, 0.4) is 0 Å². The lowest BCUT2D eigenvalue weighted by Gasteiger charge is -2.21. The molecule has 0 aliphatic rings. The number of hydrogen-bond acceptors (Lipinski definition) is 1. The van der Waals surface area contributed by atoms with Crippen molar-refractivity contribution in [2.45, 2.75) is 46.1 Å². The number of rotatable bonds is 5. The number of benzene rings is 1. The van der Waals surface area contributed by atoms with Gasteiger partial charge in [-0.1, -0.05) is 26.0 Å². The molecule has 1 N–H and O–H groups in total. The molecule has 1 nitrogen and oxygen atoms in total. The summed E-state index contributed by atoms with van der Waals surface area (Å²) in [5.74, 6) is 0.230. The van der Waals surface area contributed by atoms with E-state index < -0.39 is 0 Å². The van der Waals surface area contributed by atoms with Crippen LogP contribution in [0.25, 0.3) is 0 Å². The average Bonchev–Trinajstić information content (AvgIpc) is 2.28. The maximum absolute atomic E-state index is 13.4. The molecule has 0 spiro atoms. The monoisotopic (exact) mass is 223 g/mol. The van der Waals surface area contributed by atoms with Crippen LogP contribution in [0.4, 0.5) is 4.39 Å². The topological polar surface area (TPSA) is 12.0 Å². The van der Waals surface area contributed by atoms with Gasteiger partial charge < -0.3 is 5.32 Å². The van der Waals surface area contributed by atoms with Gasteiger partial charge in [-0.15, -0.1) is 0 Å². The van der Waals surface area contributed by atoms with Crippen LogP contribution in [0.15, 0.2) is 18.2 Å². The molecule has 0 bridgehead atoms. The summed E-state index contributed by atoms with van der Waals surface area (Å²) in [6.45, 7) is 9.24. The van der Waals surface area contributed by atoms with Gasteiger partial charge >= 0.3 is 0 Å². The van der Waals surface area contributed by atoms with Crippen molar-refractivity contribution >= 4 is 0 Å². The summed E-state index contributed by atoms with van der Waals surface area (Å²) in [5, 5.41) is 3.44. The van der Waals surface area contributed by atoms with Gasteiger partial charge in [0, 0.05) is 6.04 Å². The van der Waals surface area contributed by atoms with E-state index in [0.29, 0.717) is 17.5 Å². The highest BCUT2D eigenvalue weighted by molar-refractivity contribution is 5.26. The van der Waals surface area contributed by atoms with Crippen LogP contribution < -0.4 is 5.32 Å². The largest absolute Gasteiger partial charge is 0.314 e. The minimum atomic E-state index is -0.105. The summed E-state index contributed by atoms with van der Waals surface area (Å²) in [7, 11) is 0. The lowest BCUT2D eigenvalue weighted by Crippen LogP contribution is -2.31. The Morgan fingerprint density at radius 1 is 1.31 bits per heavy atom. The first-order valence-corrected chi connectivity index (χ1v) is 6.05. The summed E-state index contributed by atoms with van der Waals surface area (Å²) in [6, 6.07) is 5.91. The van der Waals surface area contributed by atoms with E-state index in [2.05, 4.69) is 26.1 Å². The number of hydrogen-bond donors (Lipinski definition) is 1. The summed E-state index contributed by atoms with van der Waals surface area (Å²) in [6.07, 6.45) is 1.12. The molecule has 16 heavy (non-hydrogen) atoms. The molecule has 0 aromatic heterocycles. The molecule has 2 unspecified atom stereocenters. The Morgan fingerprint density at radius 3 is 2.56 bits per heavy atom. The van der Waals surface area contributed by atoms with E-state index in [1.54, 1.807) is 13.0 Å². The van der Waals surface area contributed by atoms with Gasteiger partial charge in [0.1, 0.15) is 5.82 Å². The molecule has 2 atom stereocenters. The van der Waals surface area contributed by atoms with E-state index in [1.165, 1.54) is 0 Å². The fourth-order valence-corrected chi connectivity index (χ4v) is 1.73. The molecule has 1 aromatic carbocycles. The maximum Gasteiger partial charge on any atom is 0.126 e. The molecule has 0 aliphatic heterocycles. The Balaban J connectivity index is 2.71. The molecular formula is C14H22FN. The second-order valence-corrected chi connectivity index (χ2v) is 4.54. The first kappa shape index (κ1) is 13.2. The molecule has 0 aliphatic carbocycles. The smallest absolute Gasteiger partial charge is 0.126 e. The summed E-state index contributed by atoms with van der Waals surface area (Å²) < 4.78 is 13.4. The minimum absolute atomic E-state index is 0.105. The van der Waals surface area contributed by atoms with Crippen molar-refractivity contribution in [1.82, 2.24) is 5.32 Å². The van der Waals surface area contributed by atoms with Gasteiger partial charge in [0.15, 0.2) is 0 Å². The van der Waals surface area contributed by atoms with Crippen molar-refractivity contribution in [2.75, 3.05) is 6.54 Å². The van der Waals surface area contributed by atoms with E-state index in [-0.39, 0.29) is 5.82 Å². The van der Waals surface area contributed by atoms with E-state index in [1.807, 2.05) is 12.1 Å². The predicted molar refractivity (Wildman–Crippen MR) is 67.3 cm³/mol. The third-order valence-electron chi connectivity index (χ3n) is 3.19. The molecule has 1 aromatic rings. The fraction of sp³-hybridized carbons (Fsp3) is 0.571. The van der Waals surface area contributed by atoms with Crippen molar-refractivity contribution in [3.8, 4) is 0 Å². The Labute approximate surface area is 98.1 Å². The fourth-order valence-electron chi connectivity index (χ4n) is 1.73. The molecular weight excluding hydrogens is 201 g/mol. The van der Waals surface area contributed by atoms with Gasteiger partial charge in [0.2, 0.25) is 0 Å². The van der Waals surface area contributed by atoms with Crippen LogP contribution in [0.2, 0.25) is 0 Å². The number of aryl methyl sites for hydroxylation is 1. The maximum atomic E-state index is 13.4. The molecule has 2 heteroatoms. The quantitative estimate of drug-likeness (QED) is 0.804. The molecule has 0 fully saturated rings. The van der Waals surface area contributed by atoms with Gasteiger partial charge in [-0.25, -0.2) is 4.39 Å². The van der Waals surface area contributed by atoms with Gasteiger partial charge in [0.25, 0.3) is 0 Å². The predicted octanol–water partition coefficient (Wildman–Crippen LogP) is 3.63. The van der Waals surface area contributed by atoms with Crippen molar-refractivity contribution in [3.05, 3.63) is 35.1 Å². The average molecular weight is 223 g/mol. The second-order valence-electron chi connectivity index (χ2n) is 4.54. The zero-order valence-corrected chi connectivity index (χ0v) is 10.7. The first-order valence-electron chi connectivity index (χ1n) is 6.05. The summed E-state index contributed by atoms with van der Waals surface area (Å²) in [4.78, 5) is 0. The van der Waals surface area contributed by atoms with Crippen molar-refractivity contribution in [1.29, 1.82) is 0 Å². The lowest BCUT2D eigenvalue weighted by atomic mass is 9.93. The Kier molecular flexibility index (Phi) is 4.94. The Hall–Kier alpha value is -0.890. The van der Waals surface area contributed by atoms with Crippen molar-refractivity contribution in [2.24, 2.45) is 0 Å². The molecule has 0 saturated heterocycles. The first-order chi connectivity index (χ1) is 7.56. The van der Waals surface area contributed by atoms with Gasteiger partial charge in [-0.2, -0.15) is 0 Å². The van der Waals surface area contributed by atoms with Crippen molar-refractivity contribution in [3.63, 3.8) is 0 Å². The highest BCUT2D eigenvalue weighted by Crippen LogP contribution is 2.21. The van der Waals surface area contributed by atoms with E-state index in [4.69, 9.17) is 0 Å². The van der Waals surface area contributed by atoms with Crippen molar-refractivity contribution < 1.29 is 4.39 Å². The number of halogens is 1. The molecule has 0 heterocycles. The third kappa shape index (κ3) is 3.31. The summed E-state index contributed by atoms with van der Waals surface area (Å²) >= 11 is 0. The molecule has 0 saturated carbocycles. The van der Waals surface area contributed by atoms with E-state index in [0.717, 1.165) is 18.5 Å². The summed E-state index contributed by atoms with van der Waals surface area (Å²) in [5.41, 5.74) is 1.78. The molecule has 1 rings (SSSR count). The number of nitrogens with one attached hydrogen (secondary N) is 1. The highest BCUT2D eigenvalue weighted by atomic mass is 19.1. The minimum Gasteiger partial charge on any atom is -0.314 e. The molecule has 90 valence electrons. The zero-order chi connectivity index (χ0) is 12.1. The van der Waals surface area contributed by atoms with Crippen LogP contribution in [0.5, 0.6) is 0 Å². The van der Waals surface area contributed by atoms with Crippen LogP contribution in [-0.4, -0.2) is 12.6 Å². The lowest BCUT2D eigenvalue weighted by molar-refractivity contribution is 0.479. The van der Waals surface area contributed by atoms with Crippen LogP contribution in [0, 0.1) is 12.7 Å². The van der Waals surface area contributed by atoms with Crippen LogP contribution in [0.1, 0.15) is 44.2 Å². The SMILES string of the molecule is CCCNC(C)C(C)c1ccc(C)c(F)c1.